The van der Waals surface area contributed by atoms with Crippen molar-refractivity contribution in [2.45, 2.75) is 77.4 Å². The van der Waals surface area contributed by atoms with E-state index in [1.807, 2.05) is 30.6 Å². The van der Waals surface area contributed by atoms with Crippen LogP contribution in [0.3, 0.4) is 0 Å². The number of halogens is 2. The number of hydrogen-bond donors (Lipinski definition) is 3. The highest BCUT2D eigenvalue weighted by atomic mass is 127. The molecule has 2 fully saturated rings. The lowest BCUT2D eigenvalue weighted by Crippen LogP contribution is -2.59. The molecule has 2 aliphatic rings. The third-order valence-electron chi connectivity index (χ3n) is 6.86. The molecule has 0 bridgehead atoms. The molecule has 0 spiro atoms. The van der Waals surface area contributed by atoms with Gasteiger partial charge < -0.3 is 20.6 Å². The molecule has 3 N–H and O–H groups in total. The predicted molar refractivity (Wildman–Crippen MR) is 147 cm³/mol. The SMILES string of the molecule is Cc1ncsc1-c1ccc(CNC(=O)[C@@H]2C[C@@H](O)CN2C(=O)[C@@H](NC(=O)C2(F)CC2)C(C)(C)C)c(I)c1. The zero-order valence-corrected chi connectivity index (χ0v) is 24.3. The molecular weight excluding hydrogens is 610 g/mol. The second-order valence-electron chi connectivity index (χ2n) is 10.9. The van der Waals surface area contributed by atoms with Gasteiger partial charge in [0.15, 0.2) is 5.67 Å². The largest absolute Gasteiger partial charge is 0.391 e. The highest BCUT2D eigenvalue weighted by Gasteiger charge is 2.53. The second-order valence-corrected chi connectivity index (χ2v) is 12.9. The Balaban J connectivity index is 1.45. The number of carbonyl (C=O) groups is 3. The van der Waals surface area contributed by atoms with Crippen molar-refractivity contribution in [3.05, 3.63) is 38.5 Å². The number of aromatic nitrogens is 1. The van der Waals surface area contributed by atoms with E-state index in [9.17, 15) is 23.9 Å². The summed E-state index contributed by atoms with van der Waals surface area (Å²) in [6.07, 6.45) is -0.494. The average molecular weight is 643 g/mol. The van der Waals surface area contributed by atoms with Crippen LogP contribution in [-0.4, -0.2) is 63.1 Å². The van der Waals surface area contributed by atoms with Gasteiger partial charge in [-0.3, -0.25) is 14.4 Å². The first-order valence-corrected chi connectivity index (χ1v) is 14.2. The van der Waals surface area contributed by atoms with E-state index in [0.29, 0.717) is 0 Å². The maximum Gasteiger partial charge on any atom is 0.258 e. The summed E-state index contributed by atoms with van der Waals surface area (Å²) in [5.74, 6) is -1.68. The number of carbonyl (C=O) groups excluding carboxylic acids is 3. The van der Waals surface area contributed by atoms with Crippen molar-refractivity contribution in [3.8, 4) is 10.4 Å². The number of aryl methyl sites for hydroxylation is 1. The zero-order valence-electron chi connectivity index (χ0n) is 21.3. The molecule has 4 rings (SSSR count). The van der Waals surface area contributed by atoms with Gasteiger partial charge in [0.05, 0.1) is 22.2 Å². The summed E-state index contributed by atoms with van der Waals surface area (Å²) in [6.45, 7) is 7.52. The van der Waals surface area contributed by atoms with Gasteiger partial charge in [0.1, 0.15) is 12.1 Å². The minimum absolute atomic E-state index is 0.0272. The number of aliphatic hydroxyl groups excluding tert-OH is 1. The number of β-amino-alcohol motifs (C(OH)–C–C–N with tert-alkyl or cyclic N) is 1. The van der Waals surface area contributed by atoms with Crippen LogP contribution in [0, 0.1) is 15.9 Å². The number of aliphatic hydroxyl groups is 1. The number of benzene rings is 1. The number of amides is 3. The van der Waals surface area contributed by atoms with Crippen molar-refractivity contribution in [2.75, 3.05) is 6.54 Å². The third kappa shape index (κ3) is 6.14. The maximum atomic E-state index is 14.3. The van der Waals surface area contributed by atoms with Gasteiger partial charge >= 0.3 is 0 Å². The Morgan fingerprint density at radius 2 is 2.03 bits per heavy atom. The van der Waals surface area contributed by atoms with Crippen LogP contribution in [0.1, 0.15) is 51.3 Å². The van der Waals surface area contributed by atoms with E-state index in [-0.39, 0.29) is 38.3 Å². The molecule has 200 valence electrons. The smallest absolute Gasteiger partial charge is 0.258 e. The minimum atomic E-state index is -1.92. The number of rotatable bonds is 7. The fourth-order valence-corrected chi connectivity index (χ4v) is 5.94. The van der Waals surface area contributed by atoms with Crippen molar-refractivity contribution in [1.82, 2.24) is 20.5 Å². The van der Waals surface area contributed by atoms with Crippen LogP contribution in [0.4, 0.5) is 4.39 Å². The molecule has 37 heavy (non-hydrogen) atoms. The Labute approximate surface area is 233 Å². The lowest BCUT2D eigenvalue weighted by molar-refractivity contribution is -0.145. The van der Waals surface area contributed by atoms with E-state index >= 15 is 0 Å². The van der Waals surface area contributed by atoms with E-state index < -0.39 is 41.1 Å². The summed E-state index contributed by atoms with van der Waals surface area (Å²) in [4.78, 5) is 45.8. The van der Waals surface area contributed by atoms with Crippen LogP contribution in [0.15, 0.2) is 23.7 Å². The molecule has 3 amide bonds. The fraction of sp³-hybridized carbons (Fsp3) is 0.538. The molecule has 1 aromatic carbocycles. The molecule has 1 aromatic heterocycles. The highest BCUT2D eigenvalue weighted by Crippen LogP contribution is 2.40. The number of hydrogen-bond acceptors (Lipinski definition) is 6. The summed E-state index contributed by atoms with van der Waals surface area (Å²) >= 11 is 3.81. The fourth-order valence-electron chi connectivity index (χ4n) is 4.43. The van der Waals surface area contributed by atoms with Crippen molar-refractivity contribution < 1.29 is 23.9 Å². The summed E-state index contributed by atoms with van der Waals surface area (Å²) in [6, 6.07) is 4.08. The number of thiazole rings is 1. The second kappa shape index (κ2) is 10.6. The molecule has 0 unspecified atom stereocenters. The quantitative estimate of drug-likeness (QED) is 0.402. The van der Waals surface area contributed by atoms with Gasteiger partial charge in [-0.2, -0.15) is 0 Å². The van der Waals surface area contributed by atoms with Gasteiger partial charge in [0.25, 0.3) is 5.91 Å². The van der Waals surface area contributed by atoms with Gasteiger partial charge in [-0.05, 0) is 65.0 Å². The van der Waals surface area contributed by atoms with Crippen LogP contribution >= 0.6 is 33.9 Å². The van der Waals surface area contributed by atoms with E-state index in [1.165, 1.54) is 4.90 Å². The summed E-state index contributed by atoms with van der Waals surface area (Å²) in [5.41, 5.74) is 2.12. The minimum Gasteiger partial charge on any atom is -0.391 e. The lowest BCUT2D eigenvalue weighted by Gasteiger charge is -2.35. The summed E-state index contributed by atoms with van der Waals surface area (Å²) in [7, 11) is 0. The Kier molecular flexibility index (Phi) is 7.97. The molecule has 1 aliphatic carbocycles. The number of likely N-dealkylation sites (tertiary alicyclic amines) is 1. The van der Waals surface area contributed by atoms with Gasteiger partial charge in [0.2, 0.25) is 11.8 Å². The molecule has 1 aliphatic heterocycles. The van der Waals surface area contributed by atoms with E-state index in [1.54, 1.807) is 32.1 Å². The third-order valence-corrected chi connectivity index (χ3v) is 8.84. The summed E-state index contributed by atoms with van der Waals surface area (Å²) in [5, 5.41) is 15.8. The first-order chi connectivity index (χ1) is 17.3. The van der Waals surface area contributed by atoms with Crippen LogP contribution < -0.4 is 10.6 Å². The molecule has 1 saturated carbocycles. The number of nitrogens with zero attached hydrogens (tertiary/aromatic N) is 2. The van der Waals surface area contributed by atoms with Crippen LogP contribution in [0.2, 0.25) is 0 Å². The van der Waals surface area contributed by atoms with E-state index in [4.69, 9.17) is 0 Å². The van der Waals surface area contributed by atoms with Crippen LogP contribution in [-0.2, 0) is 20.9 Å². The number of alkyl halides is 1. The normalized spacial score (nSPS) is 21.4. The Morgan fingerprint density at radius 1 is 1.32 bits per heavy atom. The lowest BCUT2D eigenvalue weighted by atomic mass is 9.85. The molecule has 0 radical (unpaired) electrons. The molecule has 3 atom stereocenters. The van der Waals surface area contributed by atoms with Gasteiger partial charge in [-0.1, -0.05) is 32.9 Å². The Morgan fingerprint density at radius 3 is 2.59 bits per heavy atom. The molecule has 8 nitrogen and oxygen atoms in total. The summed E-state index contributed by atoms with van der Waals surface area (Å²) < 4.78 is 15.3. The Bertz CT molecular complexity index is 1210. The monoisotopic (exact) mass is 642 g/mol. The molecular formula is C26H32FIN4O4S. The zero-order chi connectivity index (χ0) is 27.1. The molecule has 11 heteroatoms. The maximum absolute atomic E-state index is 14.3. The van der Waals surface area contributed by atoms with Crippen LogP contribution in [0.5, 0.6) is 0 Å². The van der Waals surface area contributed by atoms with Crippen LogP contribution in [0.25, 0.3) is 10.4 Å². The first kappa shape index (κ1) is 27.9. The van der Waals surface area contributed by atoms with Gasteiger partial charge in [-0.25, -0.2) is 9.37 Å². The van der Waals surface area contributed by atoms with Crippen molar-refractivity contribution in [3.63, 3.8) is 0 Å². The van der Waals surface area contributed by atoms with Gasteiger partial charge in [0, 0.05) is 23.1 Å². The highest BCUT2D eigenvalue weighted by molar-refractivity contribution is 14.1. The standard InChI is InChI=1S/C26H32FIN4O4S/c1-14-20(37-13-30-14)15-5-6-16(18(28)9-15)11-29-22(34)19-10-17(33)12-32(19)23(35)21(25(2,3)4)31-24(36)26(27)7-8-26/h5-6,9,13,17,19,21,33H,7-8,10-12H2,1-4H3,(H,29,34)(H,31,36)/t17-,19+,21-/m1/s1. The molecule has 1 saturated heterocycles. The Hall–Kier alpha value is -2.12. The van der Waals surface area contributed by atoms with Crippen molar-refractivity contribution >= 4 is 51.6 Å². The topological polar surface area (TPSA) is 112 Å². The first-order valence-electron chi connectivity index (χ1n) is 12.2. The van der Waals surface area contributed by atoms with E-state index in [0.717, 1.165) is 25.3 Å². The molecule has 2 aromatic rings. The predicted octanol–water partition coefficient (Wildman–Crippen LogP) is 3.33. The van der Waals surface area contributed by atoms with Crippen molar-refractivity contribution in [1.29, 1.82) is 0 Å². The molecule has 2 heterocycles. The number of nitrogens with one attached hydrogen (secondary N) is 2. The van der Waals surface area contributed by atoms with E-state index in [2.05, 4.69) is 38.2 Å². The van der Waals surface area contributed by atoms with Gasteiger partial charge in [-0.15, -0.1) is 11.3 Å². The average Bonchev–Trinajstić information content (AvgIpc) is 3.23. The van der Waals surface area contributed by atoms with Crippen molar-refractivity contribution in [2.24, 2.45) is 5.41 Å².